The quantitative estimate of drug-likeness (QED) is 0.454. The van der Waals surface area contributed by atoms with E-state index in [1.54, 1.807) is 24.3 Å². The van der Waals surface area contributed by atoms with Crippen molar-refractivity contribution >= 4 is 22.4 Å². The summed E-state index contributed by atoms with van der Waals surface area (Å²) in [6.45, 7) is 2.00. The number of hydrogen-bond donors (Lipinski definition) is 2. The molecule has 0 saturated carbocycles. The number of nitrogens with zero attached hydrogens (tertiary/aromatic N) is 1. The number of nitro benzene ring substituents is 1. The van der Waals surface area contributed by atoms with Crippen molar-refractivity contribution in [3.63, 3.8) is 0 Å². The third-order valence-electron chi connectivity index (χ3n) is 4.71. The van der Waals surface area contributed by atoms with E-state index in [1.807, 2.05) is 31.2 Å². The van der Waals surface area contributed by atoms with Crippen LogP contribution in [-0.4, -0.2) is 15.9 Å². The van der Waals surface area contributed by atoms with Crippen LogP contribution in [0.2, 0.25) is 0 Å². The van der Waals surface area contributed by atoms with E-state index in [9.17, 15) is 20.0 Å². The Morgan fingerprint density at radius 2 is 1.93 bits per heavy atom. The van der Waals surface area contributed by atoms with E-state index >= 15 is 0 Å². The van der Waals surface area contributed by atoms with Crippen molar-refractivity contribution in [2.75, 3.05) is 0 Å². The molecule has 0 spiro atoms. The van der Waals surface area contributed by atoms with E-state index in [-0.39, 0.29) is 17.3 Å². The van der Waals surface area contributed by atoms with Gasteiger partial charge in [-0.15, -0.1) is 0 Å². The average Bonchev–Trinajstić information content (AvgIpc) is 2.71. The summed E-state index contributed by atoms with van der Waals surface area (Å²) < 4.78 is 0. The maximum Gasteiger partial charge on any atom is 0.269 e. The van der Waals surface area contributed by atoms with Crippen molar-refractivity contribution in [2.24, 2.45) is 0 Å². The predicted octanol–water partition coefficient (Wildman–Crippen LogP) is 4.85. The number of rotatable bonds is 7. The Morgan fingerprint density at radius 1 is 1.14 bits per heavy atom. The van der Waals surface area contributed by atoms with E-state index in [2.05, 4.69) is 5.32 Å². The second-order valence-electron chi connectivity index (χ2n) is 6.68. The smallest absolute Gasteiger partial charge is 0.269 e. The van der Waals surface area contributed by atoms with E-state index in [4.69, 9.17) is 0 Å². The Morgan fingerprint density at radius 3 is 2.68 bits per heavy atom. The van der Waals surface area contributed by atoms with Crippen LogP contribution in [0.5, 0.6) is 5.75 Å². The number of unbranched alkanes of at least 4 members (excludes halogenated alkanes) is 1. The highest BCUT2D eigenvalue weighted by molar-refractivity contribution is 5.89. The number of hydrogen-bond acceptors (Lipinski definition) is 4. The zero-order chi connectivity index (χ0) is 20.1. The van der Waals surface area contributed by atoms with Gasteiger partial charge in [-0.2, -0.15) is 0 Å². The minimum atomic E-state index is -0.699. The van der Waals surface area contributed by atoms with Crippen molar-refractivity contribution in [1.82, 2.24) is 5.32 Å². The van der Waals surface area contributed by atoms with Crippen LogP contribution in [0.1, 0.15) is 43.4 Å². The molecule has 0 aliphatic carbocycles. The van der Waals surface area contributed by atoms with Gasteiger partial charge in [0.2, 0.25) is 5.91 Å². The molecule has 3 aromatic carbocycles. The molecule has 1 atom stereocenters. The molecule has 0 bridgehead atoms. The molecule has 28 heavy (non-hydrogen) atoms. The van der Waals surface area contributed by atoms with Gasteiger partial charge < -0.3 is 10.4 Å². The first-order valence-electron chi connectivity index (χ1n) is 9.25. The van der Waals surface area contributed by atoms with Gasteiger partial charge in [-0.1, -0.05) is 55.8 Å². The molecular weight excluding hydrogens is 356 g/mol. The number of nitro groups is 1. The van der Waals surface area contributed by atoms with Crippen LogP contribution in [0.15, 0.2) is 60.7 Å². The van der Waals surface area contributed by atoms with Crippen molar-refractivity contribution in [2.45, 2.75) is 32.2 Å². The molecule has 0 saturated heterocycles. The van der Waals surface area contributed by atoms with Crippen molar-refractivity contribution in [3.05, 3.63) is 81.9 Å². The monoisotopic (exact) mass is 378 g/mol. The Hall–Kier alpha value is -3.41. The van der Waals surface area contributed by atoms with Crippen LogP contribution in [0, 0.1) is 10.1 Å². The molecule has 1 unspecified atom stereocenters. The second kappa shape index (κ2) is 8.52. The molecule has 6 heteroatoms. The summed E-state index contributed by atoms with van der Waals surface area (Å²) in [4.78, 5) is 23.3. The fourth-order valence-electron chi connectivity index (χ4n) is 3.30. The zero-order valence-electron chi connectivity index (χ0n) is 15.6. The van der Waals surface area contributed by atoms with Crippen molar-refractivity contribution in [3.8, 4) is 5.75 Å². The molecular formula is C22H22N2O4. The number of benzene rings is 3. The summed E-state index contributed by atoms with van der Waals surface area (Å²) in [5.74, 6) is -0.128. The molecule has 0 aliphatic heterocycles. The lowest BCUT2D eigenvalue weighted by molar-refractivity contribution is -0.384. The largest absolute Gasteiger partial charge is 0.508 e. The van der Waals surface area contributed by atoms with Gasteiger partial charge >= 0.3 is 0 Å². The number of phenolic OH excluding ortho intramolecular Hbond substituents is 1. The fraction of sp³-hybridized carbons (Fsp3) is 0.227. The lowest BCUT2D eigenvalue weighted by Crippen LogP contribution is -2.29. The number of amides is 1. The topological polar surface area (TPSA) is 92.5 Å². The molecule has 2 N–H and O–H groups in total. The van der Waals surface area contributed by atoms with E-state index in [1.165, 1.54) is 12.1 Å². The van der Waals surface area contributed by atoms with Gasteiger partial charge in [0.15, 0.2) is 0 Å². The van der Waals surface area contributed by atoms with Gasteiger partial charge in [0.25, 0.3) is 5.69 Å². The van der Waals surface area contributed by atoms with Crippen LogP contribution in [0.4, 0.5) is 5.69 Å². The highest BCUT2D eigenvalue weighted by Crippen LogP contribution is 2.36. The van der Waals surface area contributed by atoms with Crippen molar-refractivity contribution in [1.29, 1.82) is 0 Å². The molecule has 3 aromatic rings. The maximum absolute atomic E-state index is 12.5. The maximum atomic E-state index is 12.5. The minimum absolute atomic E-state index is 0.0333. The van der Waals surface area contributed by atoms with E-state index in [0.29, 0.717) is 17.5 Å². The van der Waals surface area contributed by atoms with Gasteiger partial charge in [-0.3, -0.25) is 14.9 Å². The zero-order valence-corrected chi connectivity index (χ0v) is 15.6. The van der Waals surface area contributed by atoms with E-state index in [0.717, 1.165) is 23.6 Å². The number of carbonyl (C=O) groups is 1. The number of aromatic hydroxyl groups is 1. The number of non-ortho nitro benzene ring substituents is 1. The summed E-state index contributed by atoms with van der Waals surface area (Å²) >= 11 is 0. The Labute approximate surface area is 163 Å². The fourth-order valence-corrected chi connectivity index (χ4v) is 3.30. The normalized spacial score (nSPS) is 11.9. The number of fused-ring (bicyclic) bond motifs is 1. The Kier molecular flexibility index (Phi) is 5.89. The summed E-state index contributed by atoms with van der Waals surface area (Å²) in [7, 11) is 0. The molecule has 0 aliphatic rings. The molecule has 1 amide bonds. The lowest BCUT2D eigenvalue weighted by Gasteiger charge is -2.22. The lowest BCUT2D eigenvalue weighted by atomic mass is 9.92. The van der Waals surface area contributed by atoms with Crippen LogP contribution >= 0.6 is 0 Å². The minimum Gasteiger partial charge on any atom is -0.508 e. The number of phenols is 1. The van der Waals surface area contributed by atoms with Crippen LogP contribution < -0.4 is 5.32 Å². The molecule has 6 nitrogen and oxygen atoms in total. The van der Waals surface area contributed by atoms with Gasteiger partial charge in [0.1, 0.15) is 5.75 Å². The summed E-state index contributed by atoms with van der Waals surface area (Å²) in [5, 5.41) is 26.5. The SMILES string of the molecule is CCCCC(=O)NC(c1cccc([N+](=O)[O-])c1)c1c(O)ccc2ccccc12. The first-order chi connectivity index (χ1) is 13.5. The van der Waals surface area contributed by atoms with Gasteiger partial charge in [-0.25, -0.2) is 0 Å². The molecule has 0 radical (unpaired) electrons. The summed E-state index contributed by atoms with van der Waals surface area (Å²) in [6, 6.07) is 16.4. The van der Waals surface area contributed by atoms with Gasteiger partial charge in [0, 0.05) is 24.1 Å². The predicted molar refractivity (Wildman–Crippen MR) is 108 cm³/mol. The van der Waals surface area contributed by atoms with Crippen molar-refractivity contribution < 1.29 is 14.8 Å². The summed E-state index contributed by atoms with van der Waals surface area (Å²) in [6.07, 6.45) is 1.98. The molecule has 144 valence electrons. The second-order valence-corrected chi connectivity index (χ2v) is 6.68. The Bertz CT molecular complexity index is 1020. The number of carbonyl (C=O) groups excluding carboxylic acids is 1. The highest BCUT2D eigenvalue weighted by Gasteiger charge is 2.24. The highest BCUT2D eigenvalue weighted by atomic mass is 16.6. The first-order valence-corrected chi connectivity index (χ1v) is 9.25. The first kappa shape index (κ1) is 19.4. The summed E-state index contributed by atoms with van der Waals surface area (Å²) in [5.41, 5.74) is 1.01. The van der Waals surface area contributed by atoms with Crippen LogP contribution in [0.3, 0.4) is 0 Å². The third kappa shape index (κ3) is 4.11. The molecule has 3 rings (SSSR count). The van der Waals surface area contributed by atoms with Gasteiger partial charge in [0.05, 0.1) is 11.0 Å². The molecule has 0 fully saturated rings. The van der Waals surface area contributed by atoms with Gasteiger partial charge in [-0.05, 0) is 28.8 Å². The molecule has 0 heterocycles. The third-order valence-corrected chi connectivity index (χ3v) is 4.71. The van der Waals surface area contributed by atoms with Crippen LogP contribution in [-0.2, 0) is 4.79 Å². The standard InChI is InChI=1S/C22H22N2O4/c1-2-3-11-20(26)23-22(16-8-6-9-17(14-16)24(27)28)21-18-10-5-4-7-15(18)12-13-19(21)25/h4-10,12-14,22,25H,2-3,11H2,1H3,(H,23,26). The number of nitrogens with one attached hydrogen (secondary N) is 1. The van der Waals surface area contributed by atoms with Crippen LogP contribution in [0.25, 0.3) is 10.8 Å². The Balaban J connectivity index is 2.14. The molecule has 0 aromatic heterocycles. The van der Waals surface area contributed by atoms with E-state index < -0.39 is 11.0 Å². The average molecular weight is 378 g/mol.